The number of hydrazone groups is 1. The summed E-state index contributed by atoms with van der Waals surface area (Å²) in [5, 5.41) is 4.03. The van der Waals surface area contributed by atoms with Gasteiger partial charge in [0.25, 0.3) is 5.91 Å². The van der Waals surface area contributed by atoms with Gasteiger partial charge in [-0.2, -0.15) is 5.10 Å². The highest BCUT2D eigenvalue weighted by Gasteiger charge is 2.18. The lowest BCUT2D eigenvalue weighted by molar-refractivity contribution is 0.0954. The highest BCUT2D eigenvalue weighted by atomic mass is 16.5. The Labute approximate surface area is 176 Å². The van der Waals surface area contributed by atoms with E-state index in [2.05, 4.69) is 10.5 Å². The number of carbonyl (C=O) groups excluding carboxylic acids is 1. The zero-order valence-corrected chi connectivity index (χ0v) is 18.0. The molecule has 0 aliphatic carbocycles. The van der Waals surface area contributed by atoms with Gasteiger partial charge in [0.2, 0.25) is 5.75 Å². The van der Waals surface area contributed by atoms with Crippen molar-refractivity contribution in [1.82, 2.24) is 5.43 Å². The third kappa shape index (κ3) is 5.79. The summed E-state index contributed by atoms with van der Waals surface area (Å²) in [5.41, 5.74) is 3.54. The zero-order chi connectivity index (χ0) is 21.9. The minimum atomic E-state index is -0.413. The van der Waals surface area contributed by atoms with E-state index in [0.29, 0.717) is 59.7 Å². The molecular weight excluding hydrogens is 388 g/mol. The molecule has 0 heterocycles. The van der Waals surface area contributed by atoms with Gasteiger partial charge in [-0.15, -0.1) is 0 Å². The lowest BCUT2D eigenvalue weighted by Crippen LogP contribution is -2.18. The molecule has 0 spiro atoms. The molecule has 0 bridgehead atoms. The molecule has 0 saturated heterocycles. The normalized spacial score (nSPS) is 10.6. The SMILES string of the molecule is CCOc1cc(C(=O)N/N=C\c2ccc(OC)cc2OC)cc(OCC)c1OCC. The van der Waals surface area contributed by atoms with Crippen LogP contribution in [0.2, 0.25) is 0 Å². The standard InChI is InChI=1S/C22H28N2O6/c1-6-28-19-11-16(12-20(29-7-2)21(19)30-8-3)22(25)24-23-14-15-9-10-17(26-4)13-18(15)27-5/h9-14H,6-8H2,1-5H3,(H,24,25)/b23-14-. The van der Waals surface area contributed by atoms with Gasteiger partial charge in [0.05, 0.1) is 40.3 Å². The average Bonchev–Trinajstić information content (AvgIpc) is 2.76. The number of hydrogen-bond acceptors (Lipinski definition) is 7. The Morgan fingerprint density at radius 2 is 1.53 bits per heavy atom. The first-order valence-electron chi connectivity index (χ1n) is 9.69. The molecule has 2 rings (SSSR count). The van der Waals surface area contributed by atoms with Crippen LogP contribution in [0, 0.1) is 0 Å². The molecule has 0 aliphatic rings. The molecule has 0 radical (unpaired) electrons. The Morgan fingerprint density at radius 1 is 0.900 bits per heavy atom. The number of amides is 1. The minimum Gasteiger partial charge on any atom is -0.497 e. The van der Waals surface area contributed by atoms with E-state index in [4.69, 9.17) is 23.7 Å². The van der Waals surface area contributed by atoms with Crippen LogP contribution in [0.25, 0.3) is 0 Å². The van der Waals surface area contributed by atoms with Crippen LogP contribution >= 0.6 is 0 Å². The third-order valence-corrected chi connectivity index (χ3v) is 3.98. The van der Waals surface area contributed by atoms with Gasteiger partial charge in [-0.05, 0) is 45.0 Å². The molecule has 8 heteroatoms. The van der Waals surface area contributed by atoms with Gasteiger partial charge in [0.1, 0.15) is 11.5 Å². The van der Waals surface area contributed by atoms with Crippen molar-refractivity contribution in [2.75, 3.05) is 34.0 Å². The minimum absolute atomic E-state index is 0.337. The quantitative estimate of drug-likeness (QED) is 0.444. The molecule has 0 unspecified atom stereocenters. The number of rotatable bonds is 11. The van der Waals surface area contributed by atoms with Crippen LogP contribution in [0.5, 0.6) is 28.7 Å². The number of methoxy groups -OCH3 is 2. The van der Waals surface area contributed by atoms with E-state index in [-0.39, 0.29) is 0 Å². The van der Waals surface area contributed by atoms with Crippen molar-refractivity contribution in [3.05, 3.63) is 41.5 Å². The molecule has 2 aromatic rings. The van der Waals surface area contributed by atoms with Gasteiger partial charge in [-0.1, -0.05) is 0 Å². The predicted octanol–water partition coefficient (Wildman–Crippen LogP) is 3.66. The Bertz CT molecular complexity index is 855. The van der Waals surface area contributed by atoms with Crippen molar-refractivity contribution in [3.63, 3.8) is 0 Å². The maximum absolute atomic E-state index is 12.6. The van der Waals surface area contributed by atoms with Crippen LogP contribution in [0.15, 0.2) is 35.4 Å². The van der Waals surface area contributed by atoms with E-state index >= 15 is 0 Å². The van der Waals surface area contributed by atoms with Gasteiger partial charge >= 0.3 is 0 Å². The van der Waals surface area contributed by atoms with Crippen LogP contribution in [-0.4, -0.2) is 46.2 Å². The predicted molar refractivity (Wildman–Crippen MR) is 115 cm³/mol. The number of ether oxygens (including phenoxy) is 5. The Balaban J connectivity index is 2.24. The Morgan fingerprint density at radius 3 is 2.07 bits per heavy atom. The van der Waals surface area contributed by atoms with Crippen molar-refractivity contribution in [2.45, 2.75) is 20.8 Å². The van der Waals surface area contributed by atoms with Crippen LogP contribution in [0.4, 0.5) is 0 Å². The second-order valence-corrected chi connectivity index (χ2v) is 5.91. The molecule has 162 valence electrons. The van der Waals surface area contributed by atoms with E-state index in [1.807, 2.05) is 20.8 Å². The largest absolute Gasteiger partial charge is 0.497 e. The second-order valence-electron chi connectivity index (χ2n) is 5.91. The highest BCUT2D eigenvalue weighted by Crippen LogP contribution is 2.39. The summed E-state index contributed by atoms with van der Waals surface area (Å²) in [7, 11) is 3.13. The van der Waals surface area contributed by atoms with Gasteiger partial charge in [0, 0.05) is 17.2 Å². The van der Waals surface area contributed by atoms with Gasteiger partial charge in [-0.3, -0.25) is 4.79 Å². The fourth-order valence-electron chi connectivity index (χ4n) is 2.67. The summed E-state index contributed by atoms with van der Waals surface area (Å²) in [4.78, 5) is 12.6. The molecule has 8 nitrogen and oxygen atoms in total. The smallest absolute Gasteiger partial charge is 0.271 e. The van der Waals surface area contributed by atoms with Crippen molar-refractivity contribution in [1.29, 1.82) is 0 Å². The zero-order valence-electron chi connectivity index (χ0n) is 18.0. The van der Waals surface area contributed by atoms with Crippen molar-refractivity contribution in [3.8, 4) is 28.7 Å². The number of nitrogens with zero attached hydrogens (tertiary/aromatic N) is 1. The van der Waals surface area contributed by atoms with E-state index < -0.39 is 5.91 Å². The highest BCUT2D eigenvalue weighted by molar-refractivity contribution is 5.96. The summed E-state index contributed by atoms with van der Waals surface area (Å²) in [5.74, 6) is 2.18. The van der Waals surface area contributed by atoms with Crippen LogP contribution in [0.3, 0.4) is 0 Å². The number of hydrogen-bond donors (Lipinski definition) is 1. The van der Waals surface area contributed by atoms with Gasteiger partial charge < -0.3 is 23.7 Å². The van der Waals surface area contributed by atoms with Crippen molar-refractivity contribution < 1.29 is 28.5 Å². The lowest BCUT2D eigenvalue weighted by atomic mass is 10.1. The molecule has 1 N–H and O–H groups in total. The first-order chi connectivity index (χ1) is 14.6. The first-order valence-corrected chi connectivity index (χ1v) is 9.69. The fourth-order valence-corrected chi connectivity index (χ4v) is 2.67. The maximum Gasteiger partial charge on any atom is 0.271 e. The summed E-state index contributed by atoms with van der Waals surface area (Å²) >= 11 is 0. The molecular formula is C22H28N2O6. The first kappa shape index (κ1) is 22.9. The van der Waals surface area contributed by atoms with Crippen LogP contribution in [-0.2, 0) is 0 Å². The molecule has 0 fully saturated rings. The van der Waals surface area contributed by atoms with E-state index in [1.165, 1.54) is 6.21 Å². The van der Waals surface area contributed by atoms with E-state index in [0.717, 1.165) is 0 Å². The topological polar surface area (TPSA) is 87.6 Å². The van der Waals surface area contributed by atoms with Gasteiger partial charge in [0.15, 0.2) is 11.5 Å². The average molecular weight is 416 g/mol. The molecule has 1 amide bonds. The molecule has 0 aromatic heterocycles. The number of nitrogens with one attached hydrogen (secondary N) is 1. The van der Waals surface area contributed by atoms with Crippen molar-refractivity contribution in [2.24, 2.45) is 5.10 Å². The van der Waals surface area contributed by atoms with E-state index in [1.54, 1.807) is 44.6 Å². The molecule has 0 atom stereocenters. The van der Waals surface area contributed by atoms with Gasteiger partial charge in [-0.25, -0.2) is 5.43 Å². The molecule has 30 heavy (non-hydrogen) atoms. The third-order valence-electron chi connectivity index (χ3n) is 3.98. The number of carbonyl (C=O) groups is 1. The summed E-state index contributed by atoms with van der Waals surface area (Å²) in [6.07, 6.45) is 1.50. The lowest BCUT2D eigenvalue weighted by Gasteiger charge is -2.16. The summed E-state index contributed by atoms with van der Waals surface area (Å²) in [6, 6.07) is 8.51. The van der Waals surface area contributed by atoms with Crippen LogP contribution in [0.1, 0.15) is 36.7 Å². The molecule has 2 aromatic carbocycles. The van der Waals surface area contributed by atoms with Crippen LogP contribution < -0.4 is 29.1 Å². The van der Waals surface area contributed by atoms with E-state index in [9.17, 15) is 4.79 Å². The summed E-state index contributed by atoms with van der Waals surface area (Å²) < 4.78 is 27.4. The second kappa shape index (κ2) is 11.5. The maximum atomic E-state index is 12.6. The molecule has 0 aliphatic heterocycles. The summed E-state index contributed by atoms with van der Waals surface area (Å²) in [6.45, 7) is 6.87. The number of benzene rings is 2. The fraction of sp³-hybridized carbons (Fsp3) is 0.364. The molecule has 0 saturated carbocycles. The Hall–Kier alpha value is -3.42. The Kier molecular flexibility index (Phi) is 8.80. The van der Waals surface area contributed by atoms with Crippen molar-refractivity contribution >= 4 is 12.1 Å². The monoisotopic (exact) mass is 416 g/mol.